The smallest absolute Gasteiger partial charge is 0.0742 e. The first-order valence-corrected chi connectivity index (χ1v) is 9.13. The lowest BCUT2D eigenvalue weighted by molar-refractivity contribution is 0.188. The monoisotopic (exact) mass is 323 g/mol. The Kier molecular flexibility index (Phi) is 6.42. The highest BCUT2D eigenvalue weighted by molar-refractivity contribution is 7.81. The lowest BCUT2D eigenvalue weighted by Crippen LogP contribution is -2.44. The summed E-state index contributed by atoms with van der Waals surface area (Å²) < 4.78 is 0. The Balaban J connectivity index is 1.99. The second kappa shape index (κ2) is 7.89. The van der Waals surface area contributed by atoms with Gasteiger partial charge in [0.25, 0.3) is 0 Å². The fourth-order valence-corrected chi connectivity index (χ4v) is 3.40. The number of hydrogen-bond acceptors (Lipinski definition) is 4. The predicted molar refractivity (Wildman–Crippen MR) is 99.3 cm³/mol. The predicted octanol–water partition coefficient (Wildman–Crippen LogP) is 3.12. The lowest BCUT2D eigenvalue weighted by Gasteiger charge is -2.37. The second-order valence-electron chi connectivity index (χ2n) is 7.81. The minimum atomic E-state index is 0.182. The SMILES string of the molecule is CN1CCN(C2=C([C@H](S)NCCC(C)(C)C)CCC=C2)CC1. The Morgan fingerprint density at radius 3 is 2.55 bits per heavy atom. The van der Waals surface area contributed by atoms with E-state index in [0.717, 1.165) is 45.6 Å². The van der Waals surface area contributed by atoms with Crippen LogP contribution < -0.4 is 5.32 Å². The van der Waals surface area contributed by atoms with Gasteiger partial charge >= 0.3 is 0 Å². The quantitative estimate of drug-likeness (QED) is 0.599. The van der Waals surface area contributed by atoms with Gasteiger partial charge in [-0.2, -0.15) is 12.6 Å². The molecule has 4 heteroatoms. The van der Waals surface area contributed by atoms with E-state index in [-0.39, 0.29) is 5.37 Å². The van der Waals surface area contributed by atoms with Crippen molar-refractivity contribution in [2.24, 2.45) is 5.41 Å². The fraction of sp³-hybridized carbons (Fsp3) is 0.778. The van der Waals surface area contributed by atoms with Crippen molar-refractivity contribution in [2.45, 2.75) is 45.4 Å². The van der Waals surface area contributed by atoms with Gasteiger partial charge in [0.1, 0.15) is 0 Å². The van der Waals surface area contributed by atoms with Crippen molar-refractivity contribution in [3.63, 3.8) is 0 Å². The average Bonchev–Trinajstić information content (AvgIpc) is 2.46. The summed E-state index contributed by atoms with van der Waals surface area (Å²) >= 11 is 4.86. The van der Waals surface area contributed by atoms with Crippen molar-refractivity contribution in [1.29, 1.82) is 0 Å². The summed E-state index contributed by atoms with van der Waals surface area (Å²) in [6.07, 6.45) is 8.09. The van der Waals surface area contributed by atoms with E-state index in [1.807, 2.05) is 0 Å². The van der Waals surface area contributed by atoms with Gasteiger partial charge in [-0.3, -0.25) is 0 Å². The average molecular weight is 324 g/mol. The highest BCUT2D eigenvalue weighted by Crippen LogP contribution is 2.27. The molecule has 0 bridgehead atoms. The van der Waals surface area contributed by atoms with Crippen molar-refractivity contribution < 1.29 is 0 Å². The van der Waals surface area contributed by atoms with E-state index in [2.05, 4.69) is 55.1 Å². The number of rotatable bonds is 5. The van der Waals surface area contributed by atoms with Crippen molar-refractivity contribution >= 4 is 12.6 Å². The van der Waals surface area contributed by atoms with Gasteiger partial charge in [-0.15, -0.1) is 0 Å². The molecule has 1 aliphatic heterocycles. The maximum absolute atomic E-state index is 4.86. The van der Waals surface area contributed by atoms with Gasteiger partial charge in [-0.25, -0.2) is 0 Å². The highest BCUT2D eigenvalue weighted by atomic mass is 32.1. The molecule has 0 aromatic rings. The molecule has 1 N–H and O–H groups in total. The van der Waals surface area contributed by atoms with Crippen LogP contribution >= 0.6 is 12.6 Å². The molecular weight excluding hydrogens is 290 g/mol. The standard InChI is InChI=1S/C18H33N3S/c1-18(2,3)9-10-19-17(22)15-7-5-6-8-16(15)21-13-11-20(4)12-14-21/h6,8,17,19,22H,5,7,9-14H2,1-4H3/t17-/m0/s1. The molecule has 1 atom stereocenters. The van der Waals surface area contributed by atoms with Crippen LogP contribution in [0.5, 0.6) is 0 Å². The summed E-state index contributed by atoms with van der Waals surface area (Å²) in [5, 5.41) is 3.80. The molecule has 126 valence electrons. The van der Waals surface area contributed by atoms with E-state index in [1.54, 1.807) is 0 Å². The zero-order valence-corrected chi connectivity index (χ0v) is 15.6. The largest absolute Gasteiger partial charge is 0.369 e. The van der Waals surface area contributed by atoms with Crippen molar-refractivity contribution in [2.75, 3.05) is 39.8 Å². The van der Waals surface area contributed by atoms with Gasteiger partial charge in [0.05, 0.1) is 5.37 Å². The van der Waals surface area contributed by atoms with E-state index >= 15 is 0 Å². The summed E-state index contributed by atoms with van der Waals surface area (Å²) in [5.41, 5.74) is 3.27. The molecule has 22 heavy (non-hydrogen) atoms. The number of likely N-dealkylation sites (N-methyl/N-ethyl adjacent to an activating group) is 1. The number of nitrogens with one attached hydrogen (secondary N) is 1. The topological polar surface area (TPSA) is 18.5 Å². The van der Waals surface area contributed by atoms with Crippen LogP contribution in [-0.2, 0) is 0 Å². The van der Waals surface area contributed by atoms with Gasteiger partial charge in [-0.1, -0.05) is 26.8 Å². The summed E-state index contributed by atoms with van der Waals surface area (Å²) in [4.78, 5) is 4.95. The van der Waals surface area contributed by atoms with Gasteiger partial charge in [0.15, 0.2) is 0 Å². The minimum Gasteiger partial charge on any atom is -0.369 e. The molecule has 0 unspecified atom stereocenters. The molecule has 1 aliphatic carbocycles. The normalized spacial score (nSPS) is 22.3. The van der Waals surface area contributed by atoms with Crippen LogP contribution in [0.1, 0.15) is 40.0 Å². The summed E-state index contributed by atoms with van der Waals surface area (Å²) in [6, 6.07) is 0. The summed E-state index contributed by atoms with van der Waals surface area (Å²) in [5.74, 6) is 0. The van der Waals surface area contributed by atoms with E-state index in [1.165, 1.54) is 17.7 Å². The van der Waals surface area contributed by atoms with Crippen LogP contribution in [0.4, 0.5) is 0 Å². The van der Waals surface area contributed by atoms with Crippen molar-refractivity contribution in [3.8, 4) is 0 Å². The van der Waals surface area contributed by atoms with E-state index < -0.39 is 0 Å². The van der Waals surface area contributed by atoms with Gasteiger partial charge in [0.2, 0.25) is 0 Å². The molecule has 2 aliphatic rings. The molecule has 0 aromatic heterocycles. The van der Waals surface area contributed by atoms with Gasteiger partial charge < -0.3 is 15.1 Å². The Morgan fingerprint density at radius 1 is 1.23 bits per heavy atom. The van der Waals surface area contributed by atoms with Crippen LogP contribution in [0.15, 0.2) is 23.4 Å². The third-order valence-corrected chi connectivity index (χ3v) is 5.07. The summed E-state index contributed by atoms with van der Waals surface area (Å²) in [6.45, 7) is 12.5. The molecule has 3 nitrogen and oxygen atoms in total. The molecule has 1 fully saturated rings. The first-order valence-electron chi connectivity index (χ1n) is 8.61. The molecule has 0 spiro atoms. The van der Waals surface area contributed by atoms with E-state index in [4.69, 9.17) is 12.6 Å². The minimum absolute atomic E-state index is 0.182. The first-order chi connectivity index (χ1) is 10.4. The van der Waals surface area contributed by atoms with E-state index in [9.17, 15) is 0 Å². The van der Waals surface area contributed by atoms with Gasteiger partial charge in [0, 0.05) is 31.9 Å². The fourth-order valence-electron chi connectivity index (χ4n) is 3.01. The Bertz CT molecular complexity index is 415. The zero-order valence-electron chi connectivity index (χ0n) is 14.7. The molecule has 2 rings (SSSR count). The van der Waals surface area contributed by atoms with Crippen molar-refractivity contribution in [1.82, 2.24) is 15.1 Å². The molecule has 0 radical (unpaired) electrons. The lowest BCUT2D eigenvalue weighted by atomic mass is 9.92. The zero-order chi connectivity index (χ0) is 16.2. The molecule has 0 aromatic carbocycles. The van der Waals surface area contributed by atoms with Crippen LogP contribution in [0, 0.1) is 5.41 Å². The third kappa shape index (κ3) is 5.32. The van der Waals surface area contributed by atoms with Crippen LogP contribution in [0.25, 0.3) is 0 Å². The first kappa shape index (κ1) is 17.9. The van der Waals surface area contributed by atoms with Crippen molar-refractivity contribution in [3.05, 3.63) is 23.4 Å². The number of nitrogens with zero attached hydrogens (tertiary/aromatic N) is 2. The number of piperazine rings is 1. The highest BCUT2D eigenvalue weighted by Gasteiger charge is 2.22. The number of thiol groups is 1. The molecule has 0 saturated carbocycles. The Hall–Kier alpha value is -0.450. The Morgan fingerprint density at radius 2 is 1.91 bits per heavy atom. The second-order valence-corrected chi connectivity index (χ2v) is 8.33. The molecular formula is C18H33N3S. The Labute approximate surface area is 142 Å². The van der Waals surface area contributed by atoms with Crippen LogP contribution in [-0.4, -0.2) is 54.9 Å². The molecule has 0 amide bonds. The number of allylic oxidation sites excluding steroid dienone is 2. The maximum Gasteiger partial charge on any atom is 0.0742 e. The molecule has 1 heterocycles. The van der Waals surface area contributed by atoms with Gasteiger partial charge in [-0.05, 0) is 49.9 Å². The third-order valence-electron chi connectivity index (χ3n) is 4.57. The van der Waals surface area contributed by atoms with E-state index in [0.29, 0.717) is 5.41 Å². The summed E-state index contributed by atoms with van der Waals surface area (Å²) in [7, 11) is 2.21. The maximum atomic E-state index is 4.86. The van der Waals surface area contributed by atoms with Crippen LogP contribution in [0.3, 0.4) is 0 Å². The molecule has 1 saturated heterocycles. The number of hydrogen-bond donors (Lipinski definition) is 2. The van der Waals surface area contributed by atoms with Crippen LogP contribution in [0.2, 0.25) is 0 Å².